The van der Waals surface area contributed by atoms with E-state index in [0.29, 0.717) is 6.04 Å². The molecule has 1 aliphatic heterocycles. The van der Waals surface area contributed by atoms with Crippen molar-refractivity contribution >= 4 is 0 Å². The van der Waals surface area contributed by atoms with Gasteiger partial charge < -0.3 is 14.8 Å². The zero-order chi connectivity index (χ0) is 14.7. The molecule has 1 saturated heterocycles. The molecular weight excluding hydrogens is 270 g/mol. The van der Waals surface area contributed by atoms with E-state index in [4.69, 9.17) is 9.47 Å². The average molecular weight is 291 g/mol. The minimum Gasteiger partial charge on any atom is -0.350 e. The van der Waals surface area contributed by atoms with Gasteiger partial charge in [0.05, 0.1) is 36.1 Å². The molecule has 0 atom stereocenters. The van der Waals surface area contributed by atoms with E-state index in [0.717, 1.165) is 37.3 Å². The van der Waals surface area contributed by atoms with Gasteiger partial charge in [-0.25, -0.2) is 4.98 Å². The second kappa shape index (κ2) is 6.38. The van der Waals surface area contributed by atoms with Gasteiger partial charge in [-0.2, -0.15) is 5.10 Å². The molecule has 7 nitrogen and oxygen atoms in total. The number of hydrogen-bond acceptors (Lipinski definition) is 5. The van der Waals surface area contributed by atoms with Crippen molar-refractivity contribution in [2.45, 2.75) is 25.2 Å². The Hall–Kier alpha value is -1.70. The van der Waals surface area contributed by atoms with Crippen LogP contribution in [0.25, 0.3) is 5.69 Å². The summed E-state index contributed by atoms with van der Waals surface area (Å²) in [6.07, 6.45) is 9.20. The van der Waals surface area contributed by atoms with Crippen LogP contribution in [0.2, 0.25) is 0 Å². The Kier molecular flexibility index (Phi) is 4.33. The Morgan fingerprint density at radius 1 is 1.24 bits per heavy atom. The van der Waals surface area contributed by atoms with Crippen molar-refractivity contribution in [2.24, 2.45) is 0 Å². The first kappa shape index (κ1) is 14.2. The third-order valence-corrected chi connectivity index (χ3v) is 3.89. The number of piperidine rings is 1. The average Bonchev–Trinajstić information content (AvgIpc) is 3.18. The van der Waals surface area contributed by atoms with Crippen molar-refractivity contribution in [3.8, 4) is 5.69 Å². The highest BCUT2D eigenvalue weighted by Crippen LogP contribution is 2.23. The van der Waals surface area contributed by atoms with E-state index in [1.54, 1.807) is 26.7 Å². The molecule has 3 rings (SSSR count). The number of nitrogens with zero attached hydrogens (tertiary/aromatic N) is 4. The highest BCUT2D eigenvalue weighted by Gasteiger charge is 2.19. The fraction of sp³-hybridized carbons (Fsp3) is 0.571. The van der Waals surface area contributed by atoms with Gasteiger partial charge >= 0.3 is 0 Å². The summed E-state index contributed by atoms with van der Waals surface area (Å²) in [4.78, 5) is 4.19. The summed E-state index contributed by atoms with van der Waals surface area (Å²) >= 11 is 0. The maximum atomic E-state index is 5.31. The number of hydrogen-bond donors (Lipinski definition) is 1. The van der Waals surface area contributed by atoms with Crippen LogP contribution in [-0.2, 0) is 9.47 Å². The number of rotatable bonds is 5. The maximum absolute atomic E-state index is 5.31. The zero-order valence-corrected chi connectivity index (χ0v) is 12.4. The lowest BCUT2D eigenvalue weighted by atomic mass is 10.1. The lowest BCUT2D eigenvalue weighted by Gasteiger charge is -2.22. The van der Waals surface area contributed by atoms with Crippen LogP contribution in [0.15, 0.2) is 24.9 Å². The molecule has 2 aromatic heterocycles. The van der Waals surface area contributed by atoms with E-state index in [2.05, 4.69) is 26.3 Å². The smallest absolute Gasteiger partial charge is 0.200 e. The van der Waals surface area contributed by atoms with E-state index in [1.807, 2.05) is 10.8 Å². The third kappa shape index (κ3) is 2.85. The topological polar surface area (TPSA) is 66.1 Å². The fourth-order valence-electron chi connectivity index (χ4n) is 2.76. The van der Waals surface area contributed by atoms with Gasteiger partial charge in [0, 0.05) is 20.4 Å². The molecule has 0 amide bonds. The molecule has 3 heterocycles. The summed E-state index contributed by atoms with van der Waals surface area (Å²) < 4.78 is 14.6. The van der Waals surface area contributed by atoms with Gasteiger partial charge in [-0.1, -0.05) is 0 Å². The molecule has 1 aliphatic rings. The number of imidazole rings is 1. The molecule has 1 fully saturated rings. The Morgan fingerprint density at radius 2 is 2.00 bits per heavy atom. The first-order chi connectivity index (χ1) is 10.3. The first-order valence-electron chi connectivity index (χ1n) is 7.16. The van der Waals surface area contributed by atoms with Crippen LogP contribution in [0.3, 0.4) is 0 Å². The van der Waals surface area contributed by atoms with Gasteiger partial charge in [-0.15, -0.1) is 0 Å². The molecule has 1 N–H and O–H groups in total. The molecule has 7 heteroatoms. The zero-order valence-electron chi connectivity index (χ0n) is 12.4. The summed E-state index contributed by atoms with van der Waals surface area (Å²) in [5.41, 5.74) is 1.82. The lowest BCUT2D eigenvalue weighted by molar-refractivity contribution is -0.109. The summed E-state index contributed by atoms with van der Waals surface area (Å²) in [5.74, 6) is 0. The molecule has 0 saturated carbocycles. The largest absolute Gasteiger partial charge is 0.350 e. The maximum Gasteiger partial charge on any atom is 0.200 e. The number of nitrogens with one attached hydrogen (secondary N) is 1. The van der Waals surface area contributed by atoms with E-state index in [9.17, 15) is 0 Å². The van der Waals surface area contributed by atoms with E-state index in [-0.39, 0.29) is 0 Å². The standard InChI is InChI=1S/C14H21N5O2/c1-20-14(21-2)13-8-16-10-18(13)12-7-17-19(9-12)11-3-5-15-6-4-11/h7-11,14-15H,3-6H2,1-2H3. The Labute approximate surface area is 123 Å². The van der Waals surface area contributed by atoms with E-state index < -0.39 is 6.29 Å². The van der Waals surface area contributed by atoms with Crippen molar-refractivity contribution in [3.05, 3.63) is 30.6 Å². The molecule has 0 aliphatic carbocycles. The second-order valence-electron chi connectivity index (χ2n) is 5.15. The van der Waals surface area contributed by atoms with Crippen molar-refractivity contribution in [1.29, 1.82) is 0 Å². The molecule has 0 unspecified atom stereocenters. The Bertz CT molecular complexity index is 569. The third-order valence-electron chi connectivity index (χ3n) is 3.89. The molecule has 0 radical (unpaired) electrons. The van der Waals surface area contributed by atoms with Crippen molar-refractivity contribution in [2.75, 3.05) is 27.3 Å². The molecule has 0 spiro atoms. The van der Waals surface area contributed by atoms with E-state index >= 15 is 0 Å². The van der Waals surface area contributed by atoms with Crippen LogP contribution >= 0.6 is 0 Å². The van der Waals surface area contributed by atoms with Gasteiger partial charge in [0.2, 0.25) is 6.29 Å². The van der Waals surface area contributed by atoms with Crippen LogP contribution in [0.5, 0.6) is 0 Å². The van der Waals surface area contributed by atoms with Crippen LogP contribution in [0, 0.1) is 0 Å². The summed E-state index contributed by atoms with van der Waals surface area (Å²) in [5, 5.41) is 7.88. The summed E-state index contributed by atoms with van der Waals surface area (Å²) in [6.45, 7) is 2.09. The Morgan fingerprint density at radius 3 is 2.71 bits per heavy atom. The predicted octanol–water partition coefficient (Wildman–Crippen LogP) is 1.28. The predicted molar refractivity (Wildman–Crippen MR) is 77.2 cm³/mol. The Balaban J connectivity index is 1.84. The molecular formula is C14H21N5O2. The van der Waals surface area contributed by atoms with Gasteiger partial charge in [0.25, 0.3) is 0 Å². The highest BCUT2D eigenvalue weighted by atomic mass is 16.7. The normalized spacial score (nSPS) is 16.7. The van der Waals surface area contributed by atoms with Crippen LogP contribution < -0.4 is 5.32 Å². The molecule has 114 valence electrons. The lowest BCUT2D eigenvalue weighted by Crippen LogP contribution is -2.29. The van der Waals surface area contributed by atoms with Gasteiger partial charge in [0.15, 0.2) is 0 Å². The molecule has 0 bridgehead atoms. The quantitative estimate of drug-likeness (QED) is 0.841. The SMILES string of the molecule is COC(OC)c1cncn1-c1cnn(C2CCNCC2)c1. The van der Waals surface area contributed by atoms with Crippen molar-refractivity contribution in [3.63, 3.8) is 0 Å². The van der Waals surface area contributed by atoms with Crippen LogP contribution in [0.4, 0.5) is 0 Å². The van der Waals surface area contributed by atoms with Crippen molar-refractivity contribution in [1.82, 2.24) is 24.6 Å². The van der Waals surface area contributed by atoms with Gasteiger partial charge in [-0.3, -0.25) is 9.25 Å². The first-order valence-corrected chi connectivity index (χ1v) is 7.16. The summed E-state index contributed by atoms with van der Waals surface area (Å²) in [7, 11) is 3.23. The van der Waals surface area contributed by atoms with Crippen LogP contribution in [-0.4, -0.2) is 46.6 Å². The van der Waals surface area contributed by atoms with Crippen molar-refractivity contribution < 1.29 is 9.47 Å². The highest BCUT2D eigenvalue weighted by molar-refractivity contribution is 5.29. The van der Waals surface area contributed by atoms with Crippen LogP contribution in [0.1, 0.15) is 30.9 Å². The second-order valence-corrected chi connectivity index (χ2v) is 5.15. The van der Waals surface area contributed by atoms with Gasteiger partial charge in [-0.05, 0) is 25.9 Å². The fourth-order valence-corrected chi connectivity index (χ4v) is 2.76. The van der Waals surface area contributed by atoms with Gasteiger partial charge in [0.1, 0.15) is 0 Å². The number of methoxy groups -OCH3 is 2. The number of ether oxygens (including phenoxy) is 2. The summed E-state index contributed by atoms with van der Waals surface area (Å²) in [6, 6.07) is 0.465. The minimum absolute atomic E-state index is 0.435. The monoisotopic (exact) mass is 291 g/mol. The molecule has 0 aromatic carbocycles. The van der Waals surface area contributed by atoms with E-state index in [1.165, 1.54) is 0 Å². The number of aromatic nitrogens is 4. The minimum atomic E-state index is -0.435. The molecule has 2 aromatic rings. The molecule has 21 heavy (non-hydrogen) atoms.